The van der Waals surface area contributed by atoms with Crippen LogP contribution in [0.1, 0.15) is 36.8 Å². The molecule has 1 aliphatic rings. The van der Waals surface area contributed by atoms with E-state index >= 15 is 0 Å². The molecule has 0 bridgehead atoms. The molecule has 0 aliphatic carbocycles. The van der Waals surface area contributed by atoms with E-state index in [1.54, 1.807) is 17.0 Å². The Morgan fingerprint density at radius 3 is 2.34 bits per heavy atom. The van der Waals surface area contributed by atoms with E-state index in [1.165, 1.54) is 5.56 Å². The monoisotopic (exact) mass is 437 g/mol. The molecule has 0 spiro atoms. The number of anilines is 1. The van der Waals surface area contributed by atoms with Gasteiger partial charge >= 0.3 is 5.97 Å². The van der Waals surface area contributed by atoms with Gasteiger partial charge in [-0.3, -0.25) is 14.4 Å². The van der Waals surface area contributed by atoms with Gasteiger partial charge in [-0.05, 0) is 48.9 Å². The summed E-state index contributed by atoms with van der Waals surface area (Å²) in [5.41, 5.74) is 14.9. The molecule has 2 aromatic rings. The van der Waals surface area contributed by atoms with Crippen molar-refractivity contribution in [2.75, 3.05) is 12.3 Å². The largest absolute Gasteiger partial charge is 0.481 e. The Morgan fingerprint density at radius 2 is 1.69 bits per heavy atom. The molecule has 170 valence electrons. The predicted octanol–water partition coefficient (Wildman–Crippen LogP) is 2.42. The summed E-state index contributed by atoms with van der Waals surface area (Å²) in [6.07, 6.45) is 2.37. The number of nitrogens with zero attached hydrogens (tertiary/aromatic N) is 1. The van der Waals surface area contributed by atoms with Crippen molar-refractivity contribution in [1.82, 2.24) is 4.90 Å². The number of Topliss-reactive ketones (excluding diaryl/α,β-unsaturated/α-hetero) is 1. The lowest BCUT2D eigenvalue weighted by atomic mass is 9.93. The lowest BCUT2D eigenvalue weighted by Crippen LogP contribution is -2.50. The first kappa shape index (κ1) is 23.5. The second kappa shape index (κ2) is 10.9. The van der Waals surface area contributed by atoms with Gasteiger partial charge in [0.15, 0.2) is 5.78 Å². The number of amides is 1. The molecule has 1 aliphatic heterocycles. The van der Waals surface area contributed by atoms with Crippen LogP contribution < -0.4 is 11.5 Å². The first-order valence-corrected chi connectivity index (χ1v) is 11.0. The second-order valence-corrected chi connectivity index (χ2v) is 8.45. The van der Waals surface area contributed by atoms with Crippen LogP contribution in [0.25, 0.3) is 0 Å². The Balaban J connectivity index is 1.63. The third kappa shape index (κ3) is 6.17. The number of nitrogens with two attached hydrogens (primary N) is 2. The number of benzene rings is 2. The average Bonchev–Trinajstić information content (AvgIpc) is 3.08. The number of likely N-dealkylation sites (tertiary alicyclic amines) is 1. The Hall–Kier alpha value is -3.19. The fourth-order valence-corrected chi connectivity index (χ4v) is 4.35. The van der Waals surface area contributed by atoms with Crippen LogP contribution in [0.15, 0.2) is 54.6 Å². The number of nitrogen functional groups attached to an aromatic ring is 1. The molecule has 1 unspecified atom stereocenters. The number of carbonyl (C=O) groups is 3. The number of ketones is 1. The van der Waals surface area contributed by atoms with E-state index in [0.29, 0.717) is 25.1 Å². The standard InChI is InChI=1S/C25H31N3O4/c26-20-11-8-18(9-12-20)10-13-22(29)24(27)21-15-19(16-23(30)31)25(32)28(21)14-4-7-17-5-2-1-3-6-17/h1-3,5-6,8-9,11-12,19,21,24H,4,7,10,13-16,26-27H2,(H,30,31)/t19-,21-,24?/m0/s1. The fraction of sp³-hybridized carbons (Fsp3) is 0.400. The number of hydrogen-bond acceptors (Lipinski definition) is 5. The highest BCUT2D eigenvalue weighted by atomic mass is 16.4. The molecule has 0 aromatic heterocycles. The van der Waals surface area contributed by atoms with Gasteiger partial charge in [0, 0.05) is 18.7 Å². The summed E-state index contributed by atoms with van der Waals surface area (Å²) >= 11 is 0. The highest BCUT2D eigenvalue weighted by molar-refractivity contribution is 5.89. The third-order valence-corrected chi connectivity index (χ3v) is 6.11. The molecule has 1 fully saturated rings. The quantitative estimate of drug-likeness (QED) is 0.464. The van der Waals surface area contributed by atoms with Gasteiger partial charge in [0.25, 0.3) is 0 Å². The van der Waals surface area contributed by atoms with Crippen molar-refractivity contribution in [3.05, 3.63) is 65.7 Å². The van der Waals surface area contributed by atoms with Gasteiger partial charge in [-0.25, -0.2) is 0 Å². The first-order chi connectivity index (χ1) is 15.3. The molecule has 32 heavy (non-hydrogen) atoms. The molecule has 1 saturated heterocycles. The molecule has 1 heterocycles. The summed E-state index contributed by atoms with van der Waals surface area (Å²) in [5, 5.41) is 9.19. The Bertz CT molecular complexity index is 930. The summed E-state index contributed by atoms with van der Waals surface area (Å²) in [6.45, 7) is 0.452. The first-order valence-electron chi connectivity index (χ1n) is 11.0. The number of carboxylic acid groups (broad SMARTS) is 1. The highest BCUT2D eigenvalue weighted by Gasteiger charge is 2.44. The molecular weight excluding hydrogens is 406 g/mol. The molecule has 1 amide bonds. The zero-order valence-electron chi connectivity index (χ0n) is 18.2. The molecule has 7 heteroatoms. The summed E-state index contributed by atoms with van der Waals surface area (Å²) in [6, 6.07) is 16.0. The number of aliphatic carboxylic acids is 1. The summed E-state index contributed by atoms with van der Waals surface area (Å²) < 4.78 is 0. The third-order valence-electron chi connectivity index (χ3n) is 6.11. The molecule has 3 rings (SSSR count). The van der Waals surface area contributed by atoms with Crippen LogP contribution in [0, 0.1) is 5.92 Å². The van der Waals surface area contributed by atoms with Crippen LogP contribution >= 0.6 is 0 Å². The minimum absolute atomic E-state index is 0.122. The Morgan fingerprint density at radius 1 is 1.03 bits per heavy atom. The fourth-order valence-electron chi connectivity index (χ4n) is 4.35. The van der Waals surface area contributed by atoms with Gasteiger partial charge in [-0.2, -0.15) is 0 Å². The van der Waals surface area contributed by atoms with E-state index in [0.717, 1.165) is 18.4 Å². The van der Waals surface area contributed by atoms with Crippen molar-refractivity contribution in [2.24, 2.45) is 11.7 Å². The van der Waals surface area contributed by atoms with Crippen LogP contribution in [0.5, 0.6) is 0 Å². The topological polar surface area (TPSA) is 127 Å². The number of carbonyl (C=O) groups excluding carboxylic acids is 2. The van der Waals surface area contributed by atoms with Gasteiger partial charge in [0.05, 0.1) is 24.4 Å². The zero-order chi connectivity index (χ0) is 23.1. The SMILES string of the molecule is Nc1ccc(CCC(=O)C(N)[C@@H]2C[C@@H](CC(=O)O)C(=O)N2CCCc2ccccc2)cc1. The highest BCUT2D eigenvalue weighted by Crippen LogP contribution is 2.30. The van der Waals surface area contributed by atoms with E-state index in [9.17, 15) is 19.5 Å². The van der Waals surface area contributed by atoms with E-state index in [2.05, 4.69) is 0 Å². The van der Waals surface area contributed by atoms with Crippen molar-refractivity contribution in [1.29, 1.82) is 0 Å². The summed E-state index contributed by atoms with van der Waals surface area (Å²) in [4.78, 5) is 38.6. The maximum Gasteiger partial charge on any atom is 0.304 e. The Kier molecular flexibility index (Phi) is 8.00. The van der Waals surface area contributed by atoms with Gasteiger partial charge in [-0.1, -0.05) is 42.5 Å². The molecule has 2 aromatic carbocycles. The second-order valence-electron chi connectivity index (χ2n) is 8.45. The van der Waals surface area contributed by atoms with Crippen LogP contribution in [0.2, 0.25) is 0 Å². The molecule has 3 atom stereocenters. The van der Waals surface area contributed by atoms with Crippen LogP contribution in [0.4, 0.5) is 5.69 Å². The number of carboxylic acids is 1. The Labute approximate surface area is 188 Å². The van der Waals surface area contributed by atoms with Crippen molar-refractivity contribution < 1.29 is 19.5 Å². The van der Waals surface area contributed by atoms with E-state index < -0.39 is 24.0 Å². The van der Waals surface area contributed by atoms with E-state index in [-0.39, 0.29) is 24.5 Å². The number of aryl methyl sites for hydroxylation is 2. The average molecular weight is 438 g/mol. The van der Waals surface area contributed by atoms with Crippen molar-refractivity contribution in [2.45, 2.75) is 50.6 Å². The lowest BCUT2D eigenvalue weighted by molar-refractivity contribution is -0.142. The minimum Gasteiger partial charge on any atom is -0.481 e. The van der Waals surface area contributed by atoms with Crippen molar-refractivity contribution >= 4 is 23.3 Å². The van der Waals surface area contributed by atoms with Gasteiger partial charge in [-0.15, -0.1) is 0 Å². The van der Waals surface area contributed by atoms with E-state index in [1.807, 2.05) is 42.5 Å². The molecule has 5 N–H and O–H groups in total. The van der Waals surface area contributed by atoms with Crippen molar-refractivity contribution in [3.8, 4) is 0 Å². The lowest BCUT2D eigenvalue weighted by Gasteiger charge is -2.29. The van der Waals surface area contributed by atoms with Crippen LogP contribution in [-0.4, -0.2) is 46.3 Å². The molecule has 7 nitrogen and oxygen atoms in total. The van der Waals surface area contributed by atoms with Gasteiger partial charge in [0.2, 0.25) is 5.91 Å². The minimum atomic E-state index is -1.02. The summed E-state index contributed by atoms with van der Waals surface area (Å²) in [5.74, 6) is -1.99. The maximum absolute atomic E-state index is 12.9. The van der Waals surface area contributed by atoms with E-state index in [4.69, 9.17) is 11.5 Å². The predicted molar refractivity (Wildman–Crippen MR) is 123 cm³/mol. The van der Waals surface area contributed by atoms with Crippen LogP contribution in [-0.2, 0) is 27.2 Å². The summed E-state index contributed by atoms with van der Waals surface area (Å²) in [7, 11) is 0. The maximum atomic E-state index is 12.9. The smallest absolute Gasteiger partial charge is 0.304 e. The molecule has 0 radical (unpaired) electrons. The molecule has 0 saturated carbocycles. The normalized spacial score (nSPS) is 19.2. The van der Waals surface area contributed by atoms with Crippen molar-refractivity contribution in [3.63, 3.8) is 0 Å². The van der Waals surface area contributed by atoms with Gasteiger partial charge < -0.3 is 21.5 Å². The zero-order valence-corrected chi connectivity index (χ0v) is 18.2. The molecular formula is C25H31N3O4. The van der Waals surface area contributed by atoms with Crippen LogP contribution in [0.3, 0.4) is 0 Å². The van der Waals surface area contributed by atoms with Gasteiger partial charge in [0.1, 0.15) is 0 Å². The number of rotatable bonds is 11. The number of hydrogen-bond donors (Lipinski definition) is 3.